The summed E-state index contributed by atoms with van der Waals surface area (Å²) in [5, 5.41) is 2.87. The summed E-state index contributed by atoms with van der Waals surface area (Å²) in [4.78, 5) is 16.3. The molecule has 5 heteroatoms. The lowest BCUT2D eigenvalue weighted by atomic mass is 10.2. The van der Waals surface area contributed by atoms with E-state index < -0.39 is 0 Å². The van der Waals surface area contributed by atoms with Gasteiger partial charge in [-0.1, -0.05) is 22.0 Å². The van der Waals surface area contributed by atoms with E-state index in [2.05, 4.69) is 42.2 Å². The van der Waals surface area contributed by atoms with Gasteiger partial charge >= 0.3 is 0 Å². The van der Waals surface area contributed by atoms with Crippen molar-refractivity contribution in [1.29, 1.82) is 0 Å². The lowest BCUT2D eigenvalue weighted by Gasteiger charge is -2.07. The SMILES string of the molecule is Cc1ccc(CNC(=O)c2cc(Br)ccc2Br)cn1. The number of aryl methyl sites for hydroxylation is 1. The second kappa shape index (κ2) is 6.30. The van der Waals surface area contributed by atoms with Gasteiger partial charge in [0, 0.05) is 27.4 Å². The van der Waals surface area contributed by atoms with Crippen molar-refractivity contribution in [3.05, 3.63) is 62.3 Å². The zero-order chi connectivity index (χ0) is 13.8. The fourth-order valence-corrected chi connectivity index (χ4v) is 2.34. The molecule has 0 aliphatic carbocycles. The van der Waals surface area contributed by atoms with Gasteiger partial charge in [0.25, 0.3) is 5.91 Å². The number of aromatic nitrogens is 1. The Hall–Kier alpha value is -1.20. The maximum Gasteiger partial charge on any atom is 0.252 e. The molecule has 1 heterocycles. The maximum absolute atomic E-state index is 12.1. The monoisotopic (exact) mass is 382 g/mol. The standard InChI is InChI=1S/C14H12Br2N2O/c1-9-2-3-10(7-17-9)8-18-14(19)12-6-11(15)4-5-13(12)16/h2-7H,8H2,1H3,(H,18,19). The van der Waals surface area contributed by atoms with Crippen LogP contribution < -0.4 is 5.32 Å². The first kappa shape index (κ1) is 14.2. The molecule has 0 fully saturated rings. The highest BCUT2D eigenvalue weighted by atomic mass is 79.9. The summed E-state index contributed by atoms with van der Waals surface area (Å²) in [7, 11) is 0. The molecule has 0 atom stereocenters. The number of amides is 1. The average Bonchev–Trinajstić information content (AvgIpc) is 2.40. The fourth-order valence-electron chi connectivity index (χ4n) is 1.55. The van der Waals surface area contributed by atoms with Crippen molar-refractivity contribution in [2.45, 2.75) is 13.5 Å². The zero-order valence-corrected chi connectivity index (χ0v) is 13.5. The van der Waals surface area contributed by atoms with Gasteiger partial charge in [-0.25, -0.2) is 0 Å². The van der Waals surface area contributed by atoms with E-state index in [1.165, 1.54) is 0 Å². The Bertz CT molecular complexity index is 597. The van der Waals surface area contributed by atoms with Crippen LogP contribution in [0.15, 0.2) is 45.5 Å². The Morgan fingerprint density at radius 3 is 2.74 bits per heavy atom. The number of hydrogen-bond donors (Lipinski definition) is 1. The first-order valence-electron chi connectivity index (χ1n) is 5.71. The van der Waals surface area contributed by atoms with Gasteiger partial charge in [0.05, 0.1) is 5.56 Å². The number of halogens is 2. The molecular formula is C14H12Br2N2O. The van der Waals surface area contributed by atoms with E-state index in [1.807, 2.05) is 31.2 Å². The van der Waals surface area contributed by atoms with Gasteiger partial charge in [-0.15, -0.1) is 0 Å². The zero-order valence-electron chi connectivity index (χ0n) is 10.3. The molecule has 0 aliphatic heterocycles. The van der Waals surface area contributed by atoms with E-state index in [1.54, 1.807) is 12.3 Å². The Labute approximate surface area is 128 Å². The summed E-state index contributed by atoms with van der Waals surface area (Å²) >= 11 is 6.73. The molecule has 1 N–H and O–H groups in total. The number of rotatable bonds is 3. The first-order valence-corrected chi connectivity index (χ1v) is 7.29. The van der Waals surface area contributed by atoms with Crippen molar-refractivity contribution >= 4 is 37.8 Å². The van der Waals surface area contributed by atoms with E-state index >= 15 is 0 Å². The van der Waals surface area contributed by atoms with Gasteiger partial charge in [-0.3, -0.25) is 9.78 Å². The molecule has 0 spiro atoms. The Balaban J connectivity index is 2.05. The van der Waals surface area contributed by atoms with Crippen molar-refractivity contribution in [3.8, 4) is 0 Å². The van der Waals surface area contributed by atoms with Crippen LogP contribution in [0.1, 0.15) is 21.6 Å². The first-order chi connectivity index (χ1) is 9.06. The molecule has 0 radical (unpaired) electrons. The smallest absolute Gasteiger partial charge is 0.252 e. The molecule has 0 aliphatic rings. The summed E-state index contributed by atoms with van der Waals surface area (Å²) in [6.45, 7) is 2.39. The van der Waals surface area contributed by atoms with E-state index in [4.69, 9.17) is 0 Å². The van der Waals surface area contributed by atoms with Crippen LogP contribution >= 0.6 is 31.9 Å². The highest BCUT2D eigenvalue weighted by Crippen LogP contribution is 2.21. The summed E-state index contributed by atoms with van der Waals surface area (Å²) in [5.41, 5.74) is 2.55. The van der Waals surface area contributed by atoms with Crippen molar-refractivity contribution in [3.63, 3.8) is 0 Å². The van der Waals surface area contributed by atoms with Crippen molar-refractivity contribution < 1.29 is 4.79 Å². The molecule has 1 aromatic carbocycles. The van der Waals surface area contributed by atoms with Gasteiger partial charge in [0.2, 0.25) is 0 Å². The predicted octanol–water partition coefficient (Wildman–Crippen LogP) is 3.85. The van der Waals surface area contributed by atoms with Gasteiger partial charge in [0.1, 0.15) is 0 Å². The minimum absolute atomic E-state index is 0.117. The number of pyridine rings is 1. The van der Waals surface area contributed by atoms with Crippen molar-refractivity contribution in [1.82, 2.24) is 10.3 Å². The van der Waals surface area contributed by atoms with Crippen molar-refractivity contribution in [2.75, 3.05) is 0 Å². The van der Waals surface area contributed by atoms with Gasteiger partial charge < -0.3 is 5.32 Å². The molecule has 0 bridgehead atoms. The molecule has 3 nitrogen and oxygen atoms in total. The third-order valence-corrected chi connectivity index (χ3v) is 3.78. The Kier molecular flexibility index (Phi) is 4.71. The molecule has 1 amide bonds. The summed E-state index contributed by atoms with van der Waals surface area (Å²) in [6, 6.07) is 9.39. The second-order valence-corrected chi connectivity index (χ2v) is 5.88. The molecule has 0 saturated heterocycles. The lowest BCUT2D eigenvalue weighted by Crippen LogP contribution is -2.23. The molecule has 2 aromatic rings. The minimum atomic E-state index is -0.117. The van der Waals surface area contributed by atoms with Crippen LogP contribution in [0.4, 0.5) is 0 Å². The Morgan fingerprint density at radius 1 is 1.26 bits per heavy atom. The molecule has 1 aromatic heterocycles. The third-order valence-electron chi connectivity index (χ3n) is 2.60. The van der Waals surface area contributed by atoms with Crippen LogP contribution in [0.5, 0.6) is 0 Å². The summed E-state index contributed by atoms with van der Waals surface area (Å²) in [5.74, 6) is -0.117. The summed E-state index contributed by atoms with van der Waals surface area (Å²) in [6.07, 6.45) is 1.77. The molecule has 98 valence electrons. The quantitative estimate of drug-likeness (QED) is 0.874. The van der Waals surface area contributed by atoms with E-state index in [9.17, 15) is 4.79 Å². The molecule has 0 saturated carbocycles. The number of carbonyl (C=O) groups is 1. The van der Waals surface area contributed by atoms with E-state index in [0.717, 1.165) is 20.2 Å². The topological polar surface area (TPSA) is 42.0 Å². The van der Waals surface area contributed by atoms with Crippen LogP contribution in [-0.2, 0) is 6.54 Å². The van der Waals surface area contributed by atoms with Gasteiger partial charge in [0.15, 0.2) is 0 Å². The minimum Gasteiger partial charge on any atom is -0.348 e. The van der Waals surface area contributed by atoms with Crippen LogP contribution in [-0.4, -0.2) is 10.9 Å². The summed E-state index contributed by atoms with van der Waals surface area (Å²) < 4.78 is 1.65. The van der Waals surface area contributed by atoms with Gasteiger partial charge in [-0.05, 0) is 52.7 Å². The van der Waals surface area contributed by atoms with Gasteiger partial charge in [-0.2, -0.15) is 0 Å². The molecule has 0 unspecified atom stereocenters. The number of nitrogens with zero attached hydrogens (tertiary/aromatic N) is 1. The molecule has 2 rings (SSSR count). The molecule has 19 heavy (non-hydrogen) atoms. The highest BCUT2D eigenvalue weighted by Gasteiger charge is 2.10. The largest absolute Gasteiger partial charge is 0.348 e. The number of carbonyl (C=O) groups excluding carboxylic acids is 1. The highest BCUT2D eigenvalue weighted by molar-refractivity contribution is 9.11. The number of hydrogen-bond acceptors (Lipinski definition) is 2. The predicted molar refractivity (Wildman–Crippen MR) is 82.0 cm³/mol. The fraction of sp³-hybridized carbons (Fsp3) is 0.143. The normalized spacial score (nSPS) is 10.3. The van der Waals surface area contributed by atoms with E-state index in [-0.39, 0.29) is 5.91 Å². The van der Waals surface area contributed by atoms with Crippen LogP contribution in [0.25, 0.3) is 0 Å². The van der Waals surface area contributed by atoms with Crippen LogP contribution in [0, 0.1) is 6.92 Å². The number of nitrogens with one attached hydrogen (secondary N) is 1. The van der Waals surface area contributed by atoms with Crippen molar-refractivity contribution in [2.24, 2.45) is 0 Å². The number of benzene rings is 1. The van der Waals surface area contributed by atoms with Crippen LogP contribution in [0.2, 0.25) is 0 Å². The lowest BCUT2D eigenvalue weighted by molar-refractivity contribution is 0.0950. The molecular weight excluding hydrogens is 372 g/mol. The van der Waals surface area contributed by atoms with Crippen LogP contribution in [0.3, 0.4) is 0 Å². The second-order valence-electron chi connectivity index (χ2n) is 4.11. The average molecular weight is 384 g/mol. The maximum atomic E-state index is 12.1. The Morgan fingerprint density at radius 2 is 2.05 bits per heavy atom. The van der Waals surface area contributed by atoms with E-state index in [0.29, 0.717) is 12.1 Å². The third kappa shape index (κ3) is 3.88.